The van der Waals surface area contributed by atoms with Crippen LogP contribution in [-0.2, 0) is 10.2 Å². The van der Waals surface area contributed by atoms with Crippen LogP contribution in [-0.4, -0.2) is 35.4 Å². The van der Waals surface area contributed by atoms with Crippen molar-refractivity contribution in [3.8, 4) is 6.07 Å². The first-order valence-electron chi connectivity index (χ1n) is 11.8. The highest BCUT2D eigenvalue weighted by Gasteiger charge is 2.26. The zero-order chi connectivity index (χ0) is 26.8. The number of carbonyl (C=O) groups is 2. The van der Waals surface area contributed by atoms with Crippen molar-refractivity contribution < 1.29 is 9.59 Å². The number of hydrogen-bond donors (Lipinski definition) is 3. The highest BCUT2D eigenvalue weighted by atomic mass is 16.2. The van der Waals surface area contributed by atoms with Crippen LogP contribution in [0.3, 0.4) is 0 Å². The number of hydrogen-bond acceptors (Lipinski definition) is 7. The number of aryl methyl sites for hydroxylation is 1. The van der Waals surface area contributed by atoms with Gasteiger partial charge in [-0.3, -0.25) is 24.6 Å². The Labute approximate surface area is 213 Å². The number of benzene rings is 1. The van der Waals surface area contributed by atoms with Crippen LogP contribution in [0.2, 0.25) is 0 Å². The predicted molar refractivity (Wildman–Crippen MR) is 141 cm³/mol. The van der Waals surface area contributed by atoms with Gasteiger partial charge in [-0.05, 0) is 47.6 Å². The van der Waals surface area contributed by atoms with Crippen molar-refractivity contribution >= 4 is 23.2 Å². The molecule has 1 aromatic carbocycles. The van der Waals surface area contributed by atoms with E-state index in [0.717, 1.165) is 5.56 Å². The van der Waals surface area contributed by atoms with E-state index in [1.165, 1.54) is 0 Å². The molecule has 2 heterocycles. The summed E-state index contributed by atoms with van der Waals surface area (Å²) in [5.41, 5.74) is 6.94. The number of rotatable bonds is 5. The van der Waals surface area contributed by atoms with Gasteiger partial charge in [-0.2, -0.15) is 5.26 Å². The lowest BCUT2D eigenvalue weighted by molar-refractivity contribution is -0.119. The van der Waals surface area contributed by atoms with Gasteiger partial charge >= 0.3 is 0 Å². The number of carbonyl (C=O) groups excluding carboxylic acids is 2. The number of anilines is 2. The minimum absolute atomic E-state index is 0.0338. The SMILES string of the molecule is Cc1ncc(NC(=O)c2cc(C#N)cc(C(C)(C)C)c2)cc1N1C=C(C(=O)NCC(C)(C)C)N(C)N1. The Kier molecular flexibility index (Phi) is 7.41. The number of nitrogens with one attached hydrogen (secondary N) is 3. The number of nitriles is 1. The summed E-state index contributed by atoms with van der Waals surface area (Å²) in [5, 5.41) is 18.6. The van der Waals surface area contributed by atoms with Crippen molar-refractivity contribution in [3.05, 3.63) is 64.7 Å². The normalized spacial score (nSPS) is 13.8. The van der Waals surface area contributed by atoms with Gasteiger partial charge in [0.15, 0.2) is 0 Å². The molecular formula is C27H35N7O2. The number of hydrazine groups is 2. The lowest BCUT2D eigenvalue weighted by atomic mass is 9.85. The lowest BCUT2D eigenvalue weighted by Crippen LogP contribution is -2.42. The predicted octanol–water partition coefficient (Wildman–Crippen LogP) is 3.99. The Balaban J connectivity index is 1.83. The fourth-order valence-corrected chi connectivity index (χ4v) is 3.52. The van der Waals surface area contributed by atoms with Crippen molar-refractivity contribution in [1.29, 1.82) is 5.26 Å². The quantitative estimate of drug-likeness (QED) is 0.582. The molecule has 36 heavy (non-hydrogen) atoms. The van der Waals surface area contributed by atoms with Crippen LogP contribution in [0.25, 0.3) is 0 Å². The smallest absolute Gasteiger partial charge is 0.270 e. The molecule has 0 saturated carbocycles. The number of likely N-dealkylation sites (N-methyl/N-ethyl adjacent to an activating group) is 1. The Bertz CT molecular complexity index is 1250. The third-order valence-corrected chi connectivity index (χ3v) is 5.65. The second-order valence-electron chi connectivity index (χ2n) is 11.2. The van der Waals surface area contributed by atoms with E-state index in [2.05, 4.69) is 48.0 Å². The molecule has 0 atom stereocenters. The van der Waals surface area contributed by atoms with E-state index in [9.17, 15) is 14.9 Å². The van der Waals surface area contributed by atoms with Crippen LogP contribution in [0.5, 0.6) is 0 Å². The molecule has 3 rings (SSSR count). The number of pyridine rings is 1. The van der Waals surface area contributed by atoms with Crippen molar-refractivity contribution in [2.75, 3.05) is 23.9 Å². The molecule has 2 aromatic rings. The van der Waals surface area contributed by atoms with Crippen molar-refractivity contribution in [2.45, 2.75) is 53.9 Å². The molecule has 0 radical (unpaired) electrons. The van der Waals surface area contributed by atoms with Crippen LogP contribution >= 0.6 is 0 Å². The van der Waals surface area contributed by atoms with E-state index < -0.39 is 0 Å². The second kappa shape index (κ2) is 9.99. The first kappa shape index (κ1) is 26.7. The molecule has 0 bridgehead atoms. The first-order chi connectivity index (χ1) is 16.7. The van der Waals surface area contributed by atoms with Crippen LogP contribution in [0.4, 0.5) is 11.4 Å². The Morgan fingerprint density at radius 3 is 2.39 bits per heavy atom. The third kappa shape index (κ3) is 6.40. The topological polar surface area (TPSA) is 113 Å². The fraction of sp³-hybridized carbons (Fsp3) is 0.407. The molecule has 0 aliphatic carbocycles. The van der Waals surface area contributed by atoms with Crippen molar-refractivity contribution in [2.24, 2.45) is 5.41 Å². The Morgan fingerprint density at radius 1 is 1.08 bits per heavy atom. The van der Waals surface area contributed by atoms with Crippen LogP contribution in [0.1, 0.15) is 68.7 Å². The maximum Gasteiger partial charge on any atom is 0.270 e. The lowest BCUT2D eigenvalue weighted by Gasteiger charge is -2.23. The zero-order valence-corrected chi connectivity index (χ0v) is 22.3. The van der Waals surface area contributed by atoms with E-state index >= 15 is 0 Å². The molecule has 3 N–H and O–H groups in total. The van der Waals surface area contributed by atoms with Gasteiger partial charge in [-0.1, -0.05) is 41.5 Å². The monoisotopic (exact) mass is 489 g/mol. The van der Waals surface area contributed by atoms with Gasteiger partial charge in [0, 0.05) is 19.2 Å². The molecule has 2 amide bonds. The molecule has 1 aliphatic heterocycles. The van der Waals surface area contributed by atoms with Crippen LogP contribution in [0.15, 0.2) is 42.4 Å². The molecule has 9 heteroatoms. The second-order valence-corrected chi connectivity index (χ2v) is 11.2. The number of amides is 2. The van der Waals surface area contributed by atoms with Crippen molar-refractivity contribution in [1.82, 2.24) is 20.8 Å². The van der Waals surface area contributed by atoms with Crippen LogP contribution in [0, 0.1) is 23.7 Å². The van der Waals surface area contributed by atoms with E-state index in [4.69, 9.17) is 0 Å². The van der Waals surface area contributed by atoms with E-state index in [1.54, 1.807) is 53.7 Å². The molecule has 0 fully saturated rings. The summed E-state index contributed by atoms with van der Waals surface area (Å²) in [5.74, 6) is -0.525. The average Bonchev–Trinajstić information content (AvgIpc) is 3.18. The summed E-state index contributed by atoms with van der Waals surface area (Å²) in [7, 11) is 1.76. The Morgan fingerprint density at radius 2 is 1.78 bits per heavy atom. The van der Waals surface area contributed by atoms with Gasteiger partial charge in [0.05, 0.1) is 41.1 Å². The average molecular weight is 490 g/mol. The largest absolute Gasteiger partial charge is 0.350 e. The molecule has 0 unspecified atom stereocenters. The summed E-state index contributed by atoms with van der Waals surface area (Å²) in [4.78, 5) is 30.2. The van der Waals surface area contributed by atoms with Gasteiger partial charge in [-0.25, -0.2) is 0 Å². The Hall–Kier alpha value is -3.90. The van der Waals surface area contributed by atoms with E-state index in [-0.39, 0.29) is 22.6 Å². The molecule has 190 valence electrons. The van der Waals surface area contributed by atoms with Gasteiger partial charge in [0.25, 0.3) is 11.8 Å². The number of aromatic nitrogens is 1. The molecule has 0 saturated heterocycles. The molecule has 0 spiro atoms. The summed E-state index contributed by atoms with van der Waals surface area (Å²) in [6, 6.07) is 9.11. The van der Waals surface area contributed by atoms with E-state index in [1.807, 2.05) is 27.7 Å². The third-order valence-electron chi connectivity index (χ3n) is 5.65. The van der Waals surface area contributed by atoms with Gasteiger partial charge in [0.2, 0.25) is 0 Å². The van der Waals surface area contributed by atoms with Gasteiger partial charge in [0.1, 0.15) is 5.70 Å². The highest BCUT2D eigenvalue weighted by Crippen LogP contribution is 2.27. The summed E-state index contributed by atoms with van der Waals surface area (Å²) < 4.78 is 0. The standard InChI is InChI=1S/C27H35N7O2/c1-17-22(34-15-23(33(8)32-34)25(36)30-16-26(2,3)4)12-21(14-29-17)31-24(35)19-9-18(13-28)10-20(11-19)27(5,6)7/h9-12,14-15,32H,16H2,1-8H3,(H,30,36)(H,31,35). The van der Waals surface area contributed by atoms with E-state index in [0.29, 0.717) is 40.4 Å². The minimum Gasteiger partial charge on any atom is -0.350 e. The van der Waals surface area contributed by atoms with Gasteiger partial charge < -0.3 is 10.6 Å². The maximum absolute atomic E-state index is 13.1. The first-order valence-corrected chi connectivity index (χ1v) is 11.8. The summed E-state index contributed by atoms with van der Waals surface area (Å²) in [6.45, 7) is 14.7. The van der Waals surface area contributed by atoms with Crippen LogP contribution < -0.4 is 21.2 Å². The van der Waals surface area contributed by atoms with Crippen molar-refractivity contribution in [3.63, 3.8) is 0 Å². The summed E-state index contributed by atoms with van der Waals surface area (Å²) >= 11 is 0. The number of nitrogens with zero attached hydrogens (tertiary/aromatic N) is 4. The molecular weight excluding hydrogens is 454 g/mol. The molecule has 9 nitrogen and oxygen atoms in total. The molecule has 1 aromatic heterocycles. The fourth-order valence-electron chi connectivity index (χ4n) is 3.52. The minimum atomic E-state index is -0.335. The maximum atomic E-state index is 13.1. The molecule has 1 aliphatic rings. The zero-order valence-electron chi connectivity index (χ0n) is 22.3. The van der Waals surface area contributed by atoms with Gasteiger partial charge in [-0.15, -0.1) is 5.53 Å². The summed E-state index contributed by atoms with van der Waals surface area (Å²) in [6.07, 6.45) is 3.27. The highest BCUT2D eigenvalue weighted by molar-refractivity contribution is 6.04.